The minimum atomic E-state index is 0.353. The summed E-state index contributed by atoms with van der Waals surface area (Å²) in [5.41, 5.74) is 2.46. The van der Waals surface area contributed by atoms with Crippen LogP contribution in [0.25, 0.3) is 0 Å². The summed E-state index contributed by atoms with van der Waals surface area (Å²) in [6, 6.07) is 12.7. The van der Waals surface area contributed by atoms with E-state index in [9.17, 15) is 0 Å². The largest absolute Gasteiger partial charge is 0.363 e. The van der Waals surface area contributed by atoms with Gasteiger partial charge in [0, 0.05) is 51.5 Å². The van der Waals surface area contributed by atoms with Gasteiger partial charge in [-0.3, -0.25) is 9.89 Å². The molecule has 0 spiro atoms. The Morgan fingerprint density at radius 3 is 2.83 bits per heavy atom. The summed E-state index contributed by atoms with van der Waals surface area (Å²) in [7, 11) is 8.01. The van der Waals surface area contributed by atoms with Crippen LogP contribution in [0.4, 0.5) is 5.82 Å². The van der Waals surface area contributed by atoms with Crippen molar-refractivity contribution in [2.45, 2.75) is 25.4 Å². The first-order chi connectivity index (χ1) is 14.5. The normalized spacial score (nSPS) is 20.1. The molecule has 0 bridgehead atoms. The average Bonchev–Trinajstić information content (AvgIpc) is 2.74. The summed E-state index contributed by atoms with van der Waals surface area (Å²) in [4.78, 5) is 13.2. The molecule has 6 nitrogen and oxygen atoms in total. The van der Waals surface area contributed by atoms with E-state index >= 15 is 0 Å². The quantitative estimate of drug-likeness (QED) is 0.544. The molecule has 7 heteroatoms. The summed E-state index contributed by atoms with van der Waals surface area (Å²) in [5, 5.41) is 7.76. The van der Waals surface area contributed by atoms with E-state index in [-0.39, 0.29) is 0 Å². The Morgan fingerprint density at radius 1 is 1.27 bits per heavy atom. The zero-order valence-electron chi connectivity index (χ0n) is 18.4. The third-order valence-electron chi connectivity index (χ3n) is 5.68. The first-order valence-corrected chi connectivity index (χ1v) is 10.9. The molecule has 1 saturated heterocycles. The monoisotopic (exact) mass is 428 g/mol. The molecule has 2 atom stereocenters. The van der Waals surface area contributed by atoms with Crippen molar-refractivity contribution in [1.29, 1.82) is 0 Å². The lowest BCUT2D eigenvalue weighted by atomic mass is 9.85. The van der Waals surface area contributed by atoms with Crippen molar-refractivity contribution in [3.63, 3.8) is 0 Å². The Bertz CT molecular complexity index is 853. The molecule has 2 aromatic rings. The van der Waals surface area contributed by atoms with E-state index < -0.39 is 0 Å². The molecule has 1 aromatic heterocycles. The van der Waals surface area contributed by atoms with E-state index in [4.69, 9.17) is 11.6 Å². The number of aliphatic imine (C=N–C) groups is 1. The van der Waals surface area contributed by atoms with Crippen LogP contribution < -0.4 is 15.5 Å². The molecule has 2 N–H and O–H groups in total. The maximum Gasteiger partial charge on any atom is 0.191 e. The maximum absolute atomic E-state index is 6.27. The molecular weight excluding hydrogens is 396 g/mol. The summed E-state index contributed by atoms with van der Waals surface area (Å²) in [5.74, 6) is 2.25. The van der Waals surface area contributed by atoms with E-state index in [2.05, 4.69) is 50.8 Å². The van der Waals surface area contributed by atoms with Gasteiger partial charge in [-0.1, -0.05) is 23.7 Å². The Kier molecular flexibility index (Phi) is 7.94. The number of nitrogens with zero attached hydrogens (tertiary/aromatic N) is 4. The van der Waals surface area contributed by atoms with Crippen LogP contribution in [0.15, 0.2) is 47.6 Å². The maximum atomic E-state index is 6.27. The molecule has 162 valence electrons. The molecule has 0 aliphatic carbocycles. The van der Waals surface area contributed by atoms with Crippen molar-refractivity contribution in [1.82, 2.24) is 20.5 Å². The first kappa shape index (κ1) is 22.4. The number of nitrogens with one attached hydrogen (secondary N) is 2. The molecule has 0 amide bonds. The number of aromatic nitrogens is 1. The molecule has 2 heterocycles. The highest BCUT2D eigenvalue weighted by Gasteiger charge is 2.30. The van der Waals surface area contributed by atoms with E-state index in [1.165, 1.54) is 24.0 Å². The van der Waals surface area contributed by atoms with Crippen LogP contribution in [-0.2, 0) is 6.54 Å². The van der Waals surface area contributed by atoms with Gasteiger partial charge in [-0.05, 0) is 67.7 Å². The third kappa shape index (κ3) is 5.86. The first-order valence-electron chi connectivity index (χ1n) is 10.5. The molecule has 30 heavy (non-hydrogen) atoms. The highest BCUT2D eigenvalue weighted by atomic mass is 35.5. The topological polar surface area (TPSA) is 55.8 Å². The highest BCUT2D eigenvalue weighted by molar-refractivity contribution is 6.30. The van der Waals surface area contributed by atoms with E-state index in [0.29, 0.717) is 18.5 Å². The van der Waals surface area contributed by atoms with Gasteiger partial charge in [0.1, 0.15) is 5.82 Å². The van der Waals surface area contributed by atoms with Crippen molar-refractivity contribution in [3.8, 4) is 0 Å². The number of rotatable bonds is 6. The molecule has 0 saturated carbocycles. The number of pyridine rings is 1. The molecule has 1 fully saturated rings. The van der Waals surface area contributed by atoms with Crippen LogP contribution >= 0.6 is 11.6 Å². The minimum absolute atomic E-state index is 0.353. The van der Waals surface area contributed by atoms with Gasteiger partial charge in [0.05, 0.1) is 0 Å². The second kappa shape index (κ2) is 10.6. The van der Waals surface area contributed by atoms with E-state index in [0.717, 1.165) is 29.9 Å². The lowest BCUT2D eigenvalue weighted by Crippen LogP contribution is -2.44. The minimum Gasteiger partial charge on any atom is -0.363 e. The van der Waals surface area contributed by atoms with Gasteiger partial charge in [0.2, 0.25) is 0 Å². The van der Waals surface area contributed by atoms with Gasteiger partial charge in [0.25, 0.3) is 0 Å². The molecule has 3 rings (SSSR count). The zero-order valence-corrected chi connectivity index (χ0v) is 19.2. The number of hydrogen-bond donors (Lipinski definition) is 2. The second-order valence-corrected chi connectivity index (χ2v) is 8.54. The molecule has 0 radical (unpaired) electrons. The van der Waals surface area contributed by atoms with Crippen LogP contribution in [0.1, 0.15) is 30.0 Å². The third-order valence-corrected chi connectivity index (χ3v) is 5.92. The summed E-state index contributed by atoms with van der Waals surface area (Å²) in [6.07, 6.45) is 4.23. The number of hydrogen-bond acceptors (Lipinski definition) is 4. The van der Waals surface area contributed by atoms with Crippen molar-refractivity contribution in [2.75, 3.05) is 46.2 Å². The second-order valence-electron chi connectivity index (χ2n) is 8.11. The Balaban J connectivity index is 1.61. The van der Waals surface area contributed by atoms with E-state index in [1.807, 2.05) is 50.4 Å². The number of halogens is 1. The smallest absolute Gasteiger partial charge is 0.191 e. The predicted molar refractivity (Wildman–Crippen MR) is 126 cm³/mol. The van der Waals surface area contributed by atoms with Gasteiger partial charge in [-0.25, -0.2) is 4.98 Å². The molecule has 2 unspecified atom stereocenters. The van der Waals surface area contributed by atoms with Gasteiger partial charge in [-0.2, -0.15) is 0 Å². The summed E-state index contributed by atoms with van der Waals surface area (Å²) >= 11 is 6.27. The Morgan fingerprint density at radius 2 is 2.10 bits per heavy atom. The Hall–Kier alpha value is -2.31. The fraction of sp³-hybridized carbons (Fsp3) is 0.478. The van der Waals surface area contributed by atoms with Crippen molar-refractivity contribution in [3.05, 3.63) is 58.7 Å². The van der Waals surface area contributed by atoms with Crippen molar-refractivity contribution < 1.29 is 0 Å². The number of guanidine groups is 1. The number of benzene rings is 1. The summed E-state index contributed by atoms with van der Waals surface area (Å²) < 4.78 is 0. The zero-order chi connectivity index (χ0) is 21.5. The SMILES string of the molecule is CN=C(NCc1ccnc(N(C)C)c1)NCC1CCCN(C)C1c1cccc(Cl)c1. The lowest BCUT2D eigenvalue weighted by Gasteiger charge is -2.40. The molecule has 1 aromatic carbocycles. The number of likely N-dealkylation sites (tertiary alicyclic amines) is 1. The van der Waals surface area contributed by atoms with E-state index in [1.54, 1.807) is 0 Å². The standard InChI is InChI=1S/C23H33ClN6/c1-25-23(27-15-17-10-11-26-21(13-17)29(2)3)28-16-19-8-6-12-30(4)22(19)18-7-5-9-20(24)14-18/h5,7,9-11,13-14,19,22H,6,8,12,15-16H2,1-4H3,(H2,25,27,28). The fourth-order valence-electron chi connectivity index (χ4n) is 4.14. The van der Waals surface area contributed by atoms with Crippen LogP contribution in [0.3, 0.4) is 0 Å². The highest BCUT2D eigenvalue weighted by Crippen LogP contribution is 2.35. The van der Waals surface area contributed by atoms with Crippen molar-refractivity contribution >= 4 is 23.4 Å². The van der Waals surface area contributed by atoms with Gasteiger partial charge < -0.3 is 15.5 Å². The van der Waals surface area contributed by atoms with Crippen LogP contribution in [0.2, 0.25) is 5.02 Å². The lowest BCUT2D eigenvalue weighted by molar-refractivity contribution is 0.122. The molecule has 1 aliphatic rings. The van der Waals surface area contributed by atoms with Gasteiger partial charge >= 0.3 is 0 Å². The fourth-order valence-corrected chi connectivity index (χ4v) is 4.34. The van der Waals surface area contributed by atoms with Crippen molar-refractivity contribution in [2.24, 2.45) is 10.9 Å². The Labute approximate surface area is 185 Å². The average molecular weight is 429 g/mol. The van der Waals surface area contributed by atoms with Gasteiger partial charge in [-0.15, -0.1) is 0 Å². The predicted octanol–water partition coefficient (Wildman–Crippen LogP) is 3.55. The molecule has 1 aliphatic heterocycles. The van der Waals surface area contributed by atoms with Crippen LogP contribution in [0, 0.1) is 5.92 Å². The summed E-state index contributed by atoms with van der Waals surface area (Å²) in [6.45, 7) is 2.67. The number of anilines is 1. The van der Waals surface area contributed by atoms with Crippen LogP contribution in [0.5, 0.6) is 0 Å². The molecular formula is C23H33ClN6. The van der Waals surface area contributed by atoms with Gasteiger partial charge in [0.15, 0.2) is 5.96 Å². The number of piperidine rings is 1. The van der Waals surface area contributed by atoms with Crippen LogP contribution in [-0.4, -0.2) is 57.1 Å².